The van der Waals surface area contributed by atoms with Gasteiger partial charge in [-0.1, -0.05) is 18.9 Å². The lowest BCUT2D eigenvalue weighted by Crippen LogP contribution is -2.12. The van der Waals surface area contributed by atoms with Crippen LogP contribution in [-0.4, -0.2) is 0 Å². The summed E-state index contributed by atoms with van der Waals surface area (Å²) in [5, 5.41) is 0. The molecule has 0 heterocycles. The molecule has 0 aromatic heterocycles. The number of aryl methyl sites for hydroxylation is 1. The third-order valence-electron chi connectivity index (χ3n) is 3.21. The van der Waals surface area contributed by atoms with Crippen LogP contribution >= 0.6 is 0 Å². The predicted octanol–water partition coefficient (Wildman–Crippen LogP) is 3.32. The summed E-state index contributed by atoms with van der Waals surface area (Å²) in [7, 11) is 0. The van der Waals surface area contributed by atoms with Crippen molar-refractivity contribution in [3.05, 3.63) is 35.1 Å². The molecular formula is C13H18FN. The molecule has 2 rings (SSSR count). The van der Waals surface area contributed by atoms with Crippen molar-refractivity contribution in [2.24, 2.45) is 11.7 Å². The highest BCUT2D eigenvalue weighted by molar-refractivity contribution is 5.29. The summed E-state index contributed by atoms with van der Waals surface area (Å²) < 4.78 is 12.9. The minimum atomic E-state index is -0.175. The van der Waals surface area contributed by atoms with Crippen molar-refractivity contribution >= 4 is 0 Å². The normalized spacial score (nSPS) is 17.8. The van der Waals surface area contributed by atoms with E-state index >= 15 is 0 Å². The molecule has 0 saturated heterocycles. The fourth-order valence-corrected chi connectivity index (χ4v) is 2.03. The zero-order valence-corrected chi connectivity index (χ0v) is 9.17. The van der Waals surface area contributed by atoms with Gasteiger partial charge in [-0.2, -0.15) is 0 Å². The molecule has 1 aliphatic carbocycles. The summed E-state index contributed by atoms with van der Waals surface area (Å²) in [5.74, 6) is 0.738. The molecule has 0 amide bonds. The van der Waals surface area contributed by atoms with E-state index in [1.54, 1.807) is 6.07 Å². The Balaban J connectivity index is 1.99. The van der Waals surface area contributed by atoms with E-state index in [0.717, 1.165) is 23.5 Å². The van der Waals surface area contributed by atoms with Gasteiger partial charge in [-0.15, -0.1) is 0 Å². The highest BCUT2D eigenvalue weighted by atomic mass is 19.1. The zero-order valence-electron chi connectivity index (χ0n) is 9.17. The summed E-state index contributed by atoms with van der Waals surface area (Å²) in [4.78, 5) is 0. The smallest absolute Gasteiger partial charge is 0.123 e. The molecule has 0 spiro atoms. The Morgan fingerprint density at radius 3 is 2.80 bits per heavy atom. The van der Waals surface area contributed by atoms with Gasteiger partial charge >= 0.3 is 0 Å². The minimum absolute atomic E-state index is 0.0752. The third-order valence-corrected chi connectivity index (χ3v) is 3.21. The molecule has 0 bridgehead atoms. The van der Waals surface area contributed by atoms with E-state index in [0.29, 0.717) is 0 Å². The second kappa shape index (κ2) is 4.31. The van der Waals surface area contributed by atoms with E-state index in [2.05, 4.69) is 0 Å². The van der Waals surface area contributed by atoms with E-state index < -0.39 is 0 Å². The molecule has 1 nitrogen and oxygen atoms in total. The van der Waals surface area contributed by atoms with Crippen molar-refractivity contribution in [2.45, 2.75) is 38.6 Å². The van der Waals surface area contributed by atoms with Gasteiger partial charge in [0.15, 0.2) is 0 Å². The summed E-state index contributed by atoms with van der Waals surface area (Å²) in [6.45, 7) is 1.93. The monoisotopic (exact) mass is 207 g/mol. The summed E-state index contributed by atoms with van der Waals surface area (Å²) in [6.07, 6.45) is 4.99. The number of benzene rings is 1. The molecular weight excluding hydrogens is 189 g/mol. The summed E-state index contributed by atoms with van der Waals surface area (Å²) in [5.41, 5.74) is 8.16. The first-order valence-electron chi connectivity index (χ1n) is 5.68. The SMILES string of the molecule is Cc1cc(F)ccc1C(N)CCC1CC1. The first-order chi connectivity index (χ1) is 7.16. The van der Waals surface area contributed by atoms with E-state index in [4.69, 9.17) is 5.73 Å². The van der Waals surface area contributed by atoms with Crippen LogP contribution in [0, 0.1) is 18.7 Å². The Morgan fingerprint density at radius 2 is 2.20 bits per heavy atom. The van der Waals surface area contributed by atoms with Crippen molar-refractivity contribution in [3.8, 4) is 0 Å². The van der Waals surface area contributed by atoms with Crippen LogP contribution in [0.5, 0.6) is 0 Å². The van der Waals surface area contributed by atoms with Gasteiger partial charge in [-0.05, 0) is 48.9 Å². The van der Waals surface area contributed by atoms with Crippen LogP contribution in [0.1, 0.15) is 42.9 Å². The molecule has 1 aromatic rings. The molecule has 2 heteroatoms. The molecule has 1 saturated carbocycles. The fraction of sp³-hybridized carbons (Fsp3) is 0.538. The Morgan fingerprint density at radius 1 is 1.47 bits per heavy atom. The lowest BCUT2D eigenvalue weighted by Gasteiger charge is -2.14. The van der Waals surface area contributed by atoms with Crippen LogP contribution in [0.2, 0.25) is 0 Å². The quantitative estimate of drug-likeness (QED) is 0.805. The van der Waals surface area contributed by atoms with Gasteiger partial charge in [0.1, 0.15) is 5.82 Å². The van der Waals surface area contributed by atoms with Crippen molar-refractivity contribution in [1.82, 2.24) is 0 Å². The number of nitrogens with two attached hydrogens (primary N) is 1. The van der Waals surface area contributed by atoms with Crippen molar-refractivity contribution < 1.29 is 4.39 Å². The van der Waals surface area contributed by atoms with Crippen molar-refractivity contribution in [1.29, 1.82) is 0 Å². The summed E-state index contributed by atoms with van der Waals surface area (Å²) in [6, 6.07) is 4.96. The van der Waals surface area contributed by atoms with E-state index in [-0.39, 0.29) is 11.9 Å². The number of halogens is 1. The Kier molecular flexibility index (Phi) is 3.06. The molecule has 0 radical (unpaired) electrons. The van der Waals surface area contributed by atoms with Crippen molar-refractivity contribution in [3.63, 3.8) is 0 Å². The van der Waals surface area contributed by atoms with Crippen LogP contribution in [-0.2, 0) is 0 Å². The first-order valence-corrected chi connectivity index (χ1v) is 5.68. The van der Waals surface area contributed by atoms with Crippen LogP contribution in [0.15, 0.2) is 18.2 Å². The van der Waals surface area contributed by atoms with Gasteiger partial charge in [0.05, 0.1) is 0 Å². The first kappa shape index (κ1) is 10.6. The van der Waals surface area contributed by atoms with Crippen molar-refractivity contribution in [2.75, 3.05) is 0 Å². The average molecular weight is 207 g/mol. The van der Waals surface area contributed by atoms with Gasteiger partial charge in [-0.25, -0.2) is 4.39 Å². The van der Waals surface area contributed by atoms with Gasteiger partial charge < -0.3 is 5.73 Å². The molecule has 1 atom stereocenters. The largest absolute Gasteiger partial charge is 0.324 e. The topological polar surface area (TPSA) is 26.0 Å². The Bertz CT molecular complexity index is 344. The van der Waals surface area contributed by atoms with Gasteiger partial charge in [0, 0.05) is 6.04 Å². The van der Waals surface area contributed by atoms with E-state index in [1.165, 1.54) is 25.3 Å². The van der Waals surface area contributed by atoms with Crippen LogP contribution in [0.4, 0.5) is 4.39 Å². The number of rotatable bonds is 4. The van der Waals surface area contributed by atoms with E-state index in [9.17, 15) is 4.39 Å². The molecule has 0 aliphatic heterocycles. The minimum Gasteiger partial charge on any atom is -0.324 e. The Labute approximate surface area is 90.5 Å². The average Bonchev–Trinajstić information content (AvgIpc) is 2.97. The maximum Gasteiger partial charge on any atom is 0.123 e. The maximum absolute atomic E-state index is 12.9. The molecule has 1 aliphatic rings. The number of hydrogen-bond donors (Lipinski definition) is 1. The lowest BCUT2D eigenvalue weighted by atomic mass is 9.97. The second-order valence-corrected chi connectivity index (χ2v) is 4.63. The molecule has 15 heavy (non-hydrogen) atoms. The van der Waals surface area contributed by atoms with Crippen LogP contribution in [0.3, 0.4) is 0 Å². The van der Waals surface area contributed by atoms with E-state index in [1.807, 2.05) is 13.0 Å². The lowest BCUT2D eigenvalue weighted by molar-refractivity contribution is 0.570. The number of hydrogen-bond acceptors (Lipinski definition) is 1. The maximum atomic E-state index is 12.9. The van der Waals surface area contributed by atoms with Crippen LogP contribution in [0.25, 0.3) is 0 Å². The summed E-state index contributed by atoms with van der Waals surface area (Å²) >= 11 is 0. The fourth-order valence-electron chi connectivity index (χ4n) is 2.03. The van der Waals surface area contributed by atoms with Gasteiger partial charge in [0.2, 0.25) is 0 Å². The molecule has 1 unspecified atom stereocenters. The second-order valence-electron chi connectivity index (χ2n) is 4.63. The highest BCUT2D eigenvalue weighted by Gasteiger charge is 2.22. The molecule has 1 aromatic carbocycles. The Hall–Kier alpha value is -0.890. The van der Waals surface area contributed by atoms with Gasteiger partial charge in [0.25, 0.3) is 0 Å². The molecule has 1 fully saturated rings. The van der Waals surface area contributed by atoms with Crippen LogP contribution < -0.4 is 5.73 Å². The zero-order chi connectivity index (χ0) is 10.8. The molecule has 82 valence electrons. The third kappa shape index (κ3) is 2.78. The standard InChI is InChI=1S/C13H18FN/c1-9-8-11(14)5-6-12(9)13(15)7-4-10-2-3-10/h5-6,8,10,13H,2-4,7,15H2,1H3. The highest BCUT2D eigenvalue weighted by Crippen LogP contribution is 2.35. The van der Waals surface area contributed by atoms with Gasteiger partial charge in [-0.3, -0.25) is 0 Å². The predicted molar refractivity (Wildman–Crippen MR) is 60.0 cm³/mol. The molecule has 2 N–H and O–H groups in total.